The first-order valence-corrected chi connectivity index (χ1v) is 6.22. The number of benzene rings is 1. The van der Waals surface area contributed by atoms with Gasteiger partial charge in [-0.05, 0) is 37.8 Å². The minimum atomic E-state index is 0.0937. The van der Waals surface area contributed by atoms with E-state index in [1.165, 1.54) is 0 Å². The molecule has 0 amide bonds. The molecular formula is C15H20O2. The topological polar surface area (TPSA) is 26.3 Å². The second-order valence-corrected chi connectivity index (χ2v) is 5.77. The lowest BCUT2D eigenvalue weighted by molar-refractivity contribution is 0.0947. The number of ether oxygens (including phenoxy) is 1. The van der Waals surface area contributed by atoms with E-state index in [1.807, 2.05) is 38.1 Å². The molecule has 0 aliphatic heterocycles. The zero-order valence-electron chi connectivity index (χ0n) is 11.0. The molecule has 1 aromatic rings. The summed E-state index contributed by atoms with van der Waals surface area (Å²) in [4.78, 5) is 12.3. The van der Waals surface area contributed by atoms with Gasteiger partial charge in [0.05, 0.1) is 11.7 Å². The molecule has 2 heteroatoms. The summed E-state index contributed by atoms with van der Waals surface area (Å²) in [6.07, 6.45) is 1.08. The Balaban J connectivity index is 2.23. The van der Waals surface area contributed by atoms with Crippen LogP contribution in [-0.4, -0.2) is 11.9 Å². The molecule has 0 N–H and O–H groups in total. The maximum atomic E-state index is 12.3. The van der Waals surface area contributed by atoms with Gasteiger partial charge in [0.15, 0.2) is 5.78 Å². The summed E-state index contributed by atoms with van der Waals surface area (Å²) in [6.45, 7) is 8.23. The highest BCUT2D eigenvalue weighted by Crippen LogP contribution is 2.53. The number of carbonyl (C=O) groups excluding carboxylic acids is 1. The van der Waals surface area contributed by atoms with Crippen molar-refractivity contribution < 1.29 is 9.53 Å². The number of hydrogen-bond donors (Lipinski definition) is 0. The lowest BCUT2D eigenvalue weighted by Crippen LogP contribution is -2.12. The normalized spacial score (nSPS) is 21.4. The van der Waals surface area contributed by atoms with Crippen LogP contribution in [0.3, 0.4) is 0 Å². The minimum absolute atomic E-state index is 0.0937. The summed E-state index contributed by atoms with van der Waals surface area (Å²) >= 11 is 0. The molecule has 1 unspecified atom stereocenters. The van der Waals surface area contributed by atoms with Crippen LogP contribution in [0.5, 0.6) is 5.75 Å². The summed E-state index contributed by atoms with van der Waals surface area (Å²) in [5.74, 6) is 1.11. The van der Waals surface area contributed by atoms with Crippen LogP contribution >= 0.6 is 0 Å². The van der Waals surface area contributed by atoms with Crippen LogP contribution in [0, 0.1) is 11.3 Å². The van der Waals surface area contributed by atoms with E-state index in [1.54, 1.807) is 0 Å². The highest BCUT2D eigenvalue weighted by atomic mass is 16.5. The average molecular weight is 232 g/mol. The molecule has 1 saturated carbocycles. The van der Waals surface area contributed by atoms with Gasteiger partial charge in [0, 0.05) is 5.92 Å². The van der Waals surface area contributed by atoms with Crippen molar-refractivity contribution in [3.05, 3.63) is 29.8 Å². The van der Waals surface area contributed by atoms with Crippen molar-refractivity contribution in [1.29, 1.82) is 0 Å². The number of carbonyl (C=O) groups is 1. The van der Waals surface area contributed by atoms with Gasteiger partial charge in [-0.2, -0.15) is 0 Å². The monoisotopic (exact) mass is 232 g/mol. The summed E-state index contributed by atoms with van der Waals surface area (Å²) in [5.41, 5.74) is 0.902. The molecule has 0 bridgehead atoms. The van der Waals surface area contributed by atoms with Gasteiger partial charge in [-0.3, -0.25) is 4.79 Å². The third-order valence-electron chi connectivity index (χ3n) is 3.35. The molecule has 1 aliphatic carbocycles. The van der Waals surface area contributed by atoms with E-state index in [0.29, 0.717) is 0 Å². The Morgan fingerprint density at radius 3 is 2.47 bits per heavy atom. The standard InChI is InChI=1S/C15H20O2/c1-10(2)17-13-8-6-5-7-11(13)14(16)12-9-15(12,3)4/h5-8,10,12H,9H2,1-4H3. The van der Waals surface area contributed by atoms with Crippen LogP contribution in [0.2, 0.25) is 0 Å². The second kappa shape index (κ2) is 4.17. The van der Waals surface area contributed by atoms with Gasteiger partial charge in [-0.25, -0.2) is 0 Å². The molecule has 0 aromatic heterocycles. The fourth-order valence-corrected chi connectivity index (χ4v) is 2.13. The third-order valence-corrected chi connectivity index (χ3v) is 3.35. The van der Waals surface area contributed by atoms with E-state index in [-0.39, 0.29) is 23.2 Å². The van der Waals surface area contributed by atoms with Crippen LogP contribution in [0.1, 0.15) is 44.5 Å². The Hall–Kier alpha value is -1.31. The van der Waals surface area contributed by atoms with E-state index < -0.39 is 0 Å². The highest BCUT2D eigenvalue weighted by molar-refractivity contribution is 6.02. The smallest absolute Gasteiger partial charge is 0.170 e. The minimum Gasteiger partial charge on any atom is -0.490 e. The molecule has 0 saturated heterocycles. The van der Waals surface area contributed by atoms with E-state index in [4.69, 9.17) is 4.74 Å². The molecular weight excluding hydrogens is 212 g/mol. The molecule has 1 atom stereocenters. The van der Waals surface area contributed by atoms with Crippen LogP contribution in [0.4, 0.5) is 0 Å². The first-order valence-electron chi connectivity index (χ1n) is 6.22. The average Bonchev–Trinajstić information content (AvgIpc) is 2.87. The maximum Gasteiger partial charge on any atom is 0.170 e. The Labute approximate surface area is 103 Å². The zero-order valence-corrected chi connectivity index (χ0v) is 11.0. The van der Waals surface area contributed by atoms with Crippen LogP contribution in [0.15, 0.2) is 24.3 Å². The van der Waals surface area contributed by atoms with E-state index in [9.17, 15) is 4.79 Å². The Morgan fingerprint density at radius 2 is 1.94 bits per heavy atom. The van der Waals surface area contributed by atoms with Gasteiger partial charge in [-0.1, -0.05) is 26.0 Å². The molecule has 2 nitrogen and oxygen atoms in total. The van der Waals surface area contributed by atoms with Crippen molar-refractivity contribution in [2.75, 3.05) is 0 Å². The van der Waals surface area contributed by atoms with Gasteiger partial charge < -0.3 is 4.74 Å². The predicted molar refractivity (Wildman–Crippen MR) is 68.4 cm³/mol. The summed E-state index contributed by atoms with van der Waals surface area (Å²) in [6, 6.07) is 7.55. The molecule has 2 rings (SSSR count). The number of hydrogen-bond acceptors (Lipinski definition) is 2. The van der Waals surface area contributed by atoms with Crippen molar-refractivity contribution in [1.82, 2.24) is 0 Å². The lowest BCUT2D eigenvalue weighted by Gasteiger charge is -2.13. The van der Waals surface area contributed by atoms with Crippen LogP contribution < -0.4 is 4.74 Å². The fraction of sp³-hybridized carbons (Fsp3) is 0.533. The van der Waals surface area contributed by atoms with Crippen molar-refractivity contribution in [2.24, 2.45) is 11.3 Å². The number of rotatable bonds is 4. The molecule has 0 spiro atoms. The first kappa shape index (κ1) is 12.2. The summed E-state index contributed by atoms with van der Waals surface area (Å²) < 4.78 is 5.69. The van der Waals surface area contributed by atoms with Crippen molar-refractivity contribution in [3.8, 4) is 5.75 Å². The lowest BCUT2D eigenvalue weighted by atomic mass is 10.0. The molecule has 92 valence electrons. The number of para-hydroxylation sites is 1. The fourth-order valence-electron chi connectivity index (χ4n) is 2.13. The molecule has 1 aromatic carbocycles. The number of Topliss-reactive ketones (excluding diaryl/α,β-unsaturated/α-hetero) is 1. The molecule has 1 fully saturated rings. The Bertz CT molecular complexity index is 432. The summed E-state index contributed by atoms with van der Waals surface area (Å²) in [5, 5.41) is 0. The molecule has 1 aliphatic rings. The van der Waals surface area contributed by atoms with Crippen molar-refractivity contribution in [2.45, 2.75) is 40.2 Å². The largest absolute Gasteiger partial charge is 0.490 e. The zero-order chi connectivity index (χ0) is 12.6. The van der Waals surface area contributed by atoms with E-state index in [2.05, 4.69) is 13.8 Å². The Kier molecular flexibility index (Phi) is 2.98. The van der Waals surface area contributed by atoms with E-state index in [0.717, 1.165) is 17.7 Å². The molecule has 0 heterocycles. The van der Waals surface area contributed by atoms with Gasteiger partial charge >= 0.3 is 0 Å². The van der Waals surface area contributed by atoms with E-state index >= 15 is 0 Å². The van der Waals surface area contributed by atoms with Crippen LogP contribution in [0.25, 0.3) is 0 Å². The second-order valence-electron chi connectivity index (χ2n) is 5.77. The SMILES string of the molecule is CC(C)Oc1ccccc1C(=O)C1CC1(C)C. The molecule has 0 radical (unpaired) electrons. The van der Waals surface area contributed by atoms with Gasteiger partial charge in [0.25, 0.3) is 0 Å². The summed E-state index contributed by atoms with van der Waals surface area (Å²) in [7, 11) is 0. The third kappa shape index (κ3) is 2.51. The van der Waals surface area contributed by atoms with Gasteiger partial charge in [0.2, 0.25) is 0 Å². The maximum absolute atomic E-state index is 12.3. The quantitative estimate of drug-likeness (QED) is 0.740. The Morgan fingerprint density at radius 1 is 1.35 bits per heavy atom. The van der Waals surface area contributed by atoms with Crippen molar-refractivity contribution in [3.63, 3.8) is 0 Å². The van der Waals surface area contributed by atoms with Crippen LogP contribution in [-0.2, 0) is 0 Å². The highest BCUT2D eigenvalue weighted by Gasteiger charge is 2.50. The van der Waals surface area contributed by atoms with Crippen molar-refractivity contribution >= 4 is 5.78 Å². The number of ketones is 1. The predicted octanol–water partition coefficient (Wildman–Crippen LogP) is 3.70. The molecule has 17 heavy (non-hydrogen) atoms. The van der Waals surface area contributed by atoms with Gasteiger partial charge in [-0.15, -0.1) is 0 Å². The van der Waals surface area contributed by atoms with Gasteiger partial charge in [0.1, 0.15) is 5.75 Å². The first-order chi connectivity index (χ1) is 7.92.